The fourth-order valence-corrected chi connectivity index (χ4v) is 3.01. The first kappa shape index (κ1) is 14.8. The molecule has 2 heterocycles. The van der Waals surface area contributed by atoms with E-state index in [1.54, 1.807) is 0 Å². The fraction of sp³-hybridized carbons (Fsp3) is 0.769. The smallest absolute Gasteiger partial charge is 0.326 e. The lowest BCUT2D eigenvalue weighted by atomic mass is 9.88. The van der Waals surface area contributed by atoms with Crippen molar-refractivity contribution in [1.82, 2.24) is 10.6 Å². The molecule has 20 heavy (non-hydrogen) atoms. The molecule has 0 radical (unpaired) electrons. The molecular formula is C13H20N2O5. The van der Waals surface area contributed by atoms with Crippen LogP contribution in [0.4, 0.5) is 0 Å². The molecule has 0 aromatic rings. The highest BCUT2D eigenvalue weighted by Gasteiger charge is 2.43. The first-order valence-electron chi connectivity index (χ1n) is 6.87. The Morgan fingerprint density at radius 1 is 1.40 bits per heavy atom. The summed E-state index contributed by atoms with van der Waals surface area (Å²) in [7, 11) is 1.25. The predicted molar refractivity (Wildman–Crippen MR) is 68.9 cm³/mol. The highest BCUT2D eigenvalue weighted by molar-refractivity contribution is 5.86. The van der Waals surface area contributed by atoms with E-state index >= 15 is 0 Å². The number of aliphatic carboxylic acids is 1. The maximum absolute atomic E-state index is 12.1. The van der Waals surface area contributed by atoms with Gasteiger partial charge in [-0.1, -0.05) is 0 Å². The Morgan fingerprint density at radius 3 is 2.65 bits per heavy atom. The van der Waals surface area contributed by atoms with E-state index in [0.29, 0.717) is 6.04 Å². The summed E-state index contributed by atoms with van der Waals surface area (Å²) in [5.74, 6) is -2.00. The number of carboxylic acid groups (broad SMARTS) is 1. The summed E-state index contributed by atoms with van der Waals surface area (Å²) in [5.41, 5.74) is 0. The van der Waals surface area contributed by atoms with Crippen molar-refractivity contribution >= 4 is 17.8 Å². The second-order valence-electron chi connectivity index (χ2n) is 5.40. The summed E-state index contributed by atoms with van der Waals surface area (Å²) in [6.45, 7) is 0. The summed E-state index contributed by atoms with van der Waals surface area (Å²) >= 11 is 0. The minimum atomic E-state index is -1.13. The molecule has 2 saturated heterocycles. The van der Waals surface area contributed by atoms with Crippen LogP contribution >= 0.6 is 0 Å². The highest BCUT2D eigenvalue weighted by atomic mass is 16.5. The number of rotatable bonds is 6. The molecule has 3 unspecified atom stereocenters. The third-order valence-corrected chi connectivity index (χ3v) is 4.12. The van der Waals surface area contributed by atoms with Gasteiger partial charge in [0.15, 0.2) is 0 Å². The van der Waals surface area contributed by atoms with Crippen LogP contribution in [0, 0.1) is 5.92 Å². The summed E-state index contributed by atoms with van der Waals surface area (Å²) in [6.07, 6.45) is 2.83. The van der Waals surface area contributed by atoms with Gasteiger partial charge in [0.05, 0.1) is 13.0 Å². The Balaban J connectivity index is 1.86. The lowest BCUT2D eigenvalue weighted by molar-refractivity contribution is -0.144. The largest absolute Gasteiger partial charge is 0.480 e. The molecule has 7 nitrogen and oxygen atoms in total. The summed E-state index contributed by atoms with van der Waals surface area (Å²) in [6, 6.07) is -0.495. The zero-order valence-corrected chi connectivity index (χ0v) is 11.4. The minimum absolute atomic E-state index is 0.0251. The molecule has 0 aliphatic carbocycles. The van der Waals surface area contributed by atoms with Gasteiger partial charge in [0.2, 0.25) is 5.91 Å². The first-order chi connectivity index (χ1) is 9.51. The summed E-state index contributed by atoms with van der Waals surface area (Å²) in [4.78, 5) is 34.3. The van der Waals surface area contributed by atoms with Crippen molar-refractivity contribution in [2.24, 2.45) is 5.92 Å². The molecule has 2 rings (SSSR count). The number of hydrogen-bond acceptors (Lipinski definition) is 5. The number of carboxylic acids is 1. The number of esters is 1. The van der Waals surface area contributed by atoms with Crippen molar-refractivity contribution in [2.75, 3.05) is 7.11 Å². The van der Waals surface area contributed by atoms with Crippen LogP contribution < -0.4 is 10.6 Å². The quantitative estimate of drug-likeness (QED) is 0.576. The third kappa shape index (κ3) is 3.27. The Hall–Kier alpha value is -1.63. The molecule has 0 saturated carbocycles. The normalized spacial score (nSPS) is 28.9. The fourth-order valence-electron chi connectivity index (χ4n) is 3.01. The molecule has 0 spiro atoms. The maximum atomic E-state index is 12.1. The highest BCUT2D eigenvalue weighted by Crippen LogP contribution is 2.33. The van der Waals surface area contributed by atoms with Gasteiger partial charge in [0, 0.05) is 18.5 Å². The van der Waals surface area contributed by atoms with Crippen LogP contribution in [0.2, 0.25) is 0 Å². The van der Waals surface area contributed by atoms with E-state index in [-0.39, 0.29) is 30.7 Å². The van der Waals surface area contributed by atoms with Gasteiger partial charge < -0.3 is 20.5 Å². The standard InChI is InChI=1S/C13H20N2O5/c1-20-11(16)5-4-10(13(18)19)15-12(17)8-6-7-2-3-9(8)14-7/h7-10,14H,2-6H2,1H3,(H,15,17)(H,18,19)/t7?,8?,9?,10-/m0/s1. The molecule has 2 aliphatic rings. The van der Waals surface area contributed by atoms with E-state index in [1.165, 1.54) is 7.11 Å². The van der Waals surface area contributed by atoms with Gasteiger partial charge in [0.25, 0.3) is 0 Å². The maximum Gasteiger partial charge on any atom is 0.326 e. The Bertz CT molecular complexity index is 412. The van der Waals surface area contributed by atoms with Crippen LogP contribution in [-0.4, -0.2) is 48.2 Å². The van der Waals surface area contributed by atoms with Gasteiger partial charge in [-0.3, -0.25) is 9.59 Å². The van der Waals surface area contributed by atoms with Gasteiger partial charge >= 0.3 is 11.9 Å². The number of hydrogen-bond donors (Lipinski definition) is 3. The average Bonchev–Trinajstić information content (AvgIpc) is 3.04. The van der Waals surface area contributed by atoms with E-state index in [9.17, 15) is 14.4 Å². The Labute approximate surface area is 117 Å². The third-order valence-electron chi connectivity index (χ3n) is 4.12. The van der Waals surface area contributed by atoms with Crippen LogP contribution in [-0.2, 0) is 19.1 Å². The van der Waals surface area contributed by atoms with Gasteiger partial charge in [-0.05, 0) is 25.7 Å². The van der Waals surface area contributed by atoms with Crippen molar-refractivity contribution in [3.63, 3.8) is 0 Å². The van der Waals surface area contributed by atoms with E-state index in [1.807, 2.05) is 0 Å². The van der Waals surface area contributed by atoms with Crippen molar-refractivity contribution in [3.8, 4) is 0 Å². The van der Waals surface area contributed by atoms with E-state index in [2.05, 4.69) is 15.4 Å². The van der Waals surface area contributed by atoms with Crippen LogP contribution in [0.25, 0.3) is 0 Å². The minimum Gasteiger partial charge on any atom is -0.480 e. The SMILES string of the molecule is COC(=O)CC[C@H](NC(=O)C1CC2CCC1N2)C(=O)O. The molecule has 3 N–H and O–H groups in total. The predicted octanol–water partition coefficient (Wildman–Crippen LogP) is -0.350. The molecule has 1 amide bonds. The molecule has 0 aromatic carbocycles. The number of ether oxygens (including phenoxy) is 1. The Kier molecular flexibility index (Phi) is 4.59. The first-order valence-corrected chi connectivity index (χ1v) is 6.87. The number of amides is 1. The van der Waals surface area contributed by atoms with Gasteiger partial charge in [-0.2, -0.15) is 0 Å². The Morgan fingerprint density at radius 2 is 2.15 bits per heavy atom. The van der Waals surface area contributed by atoms with Crippen LogP contribution in [0.3, 0.4) is 0 Å². The van der Waals surface area contributed by atoms with Crippen molar-refractivity contribution in [3.05, 3.63) is 0 Å². The van der Waals surface area contributed by atoms with Crippen LogP contribution in [0.1, 0.15) is 32.1 Å². The zero-order chi connectivity index (χ0) is 14.7. The molecule has 0 aromatic heterocycles. The second kappa shape index (κ2) is 6.21. The number of methoxy groups -OCH3 is 1. The van der Waals surface area contributed by atoms with Gasteiger partial charge in [0.1, 0.15) is 6.04 Å². The van der Waals surface area contributed by atoms with Crippen molar-refractivity contribution in [1.29, 1.82) is 0 Å². The summed E-state index contributed by atoms with van der Waals surface area (Å²) < 4.78 is 4.47. The van der Waals surface area contributed by atoms with E-state index < -0.39 is 18.0 Å². The molecule has 2 aliphatic heterocycles. The van der Waals surface area contributed by atoms with Gasteiger partial charge in [-0.25, -0.2) is 4.79 Å². The number of fused-ring (bicyclic) bond motifs is 2. The molecule has 7 heteroatoms. The number of carbonyl (C=O) groups excluding carboxylic acids is 2. The van der Waals surface area contributed by atoms with Crippen LogP contribution in [0.15, 0.2) is 0 Å². The van der Waals surface area contributed by atoms with Crippen molar-refractivity contribution in [2.45, 2.75) is 50.2 Å². The molecule has 112 valence electrons. The van der Waals surface area contributed by atoms with Gasteiger partial charge in [-0.15, -0.1) is 0 Å². The average molecular weight is 284 g/mol. The zero-order valence-electron chi connectivity index (χ0n) is 11.4. The van der Waals surface area contributed by atoms with Crippen molar-refractivity contribution < 1.29 is 24.2 Å². The van der Waals surface area contributed by atoms with E-state index in [0.717, 1.165) is 19.3 Å². The molecule has 2 bridgehead atoms. The number of nitrogens with one attached hydrogen (secondary N) is 2. The molecule has 2 fully saturated rings. The van der Waals surface area contributed by atoms with Crippen LogP contribution in [0.5, 0.6) is 0 Å². The molecular weight excluding hydrogens is 264 g/mol. The lowest BCUT2D eigenvalue weighted by Crippen LogP contribution is -2.46. The summed E-state index contributed by atoms with van der Waals surface area (Å²) in [5, 5.41) is 15.0. The van der Waals surface area contributed by atoms with E-state index in [4.69, 9.17) is 5.11 Å². The monoisotopic (exact) mass is 284 g/mol. The number of carbonyl (C=O) groups is 3. The molecule has 4 atom stereocenters. The second-order valence-corrected chi connectivity index (χ2v) is 5.40. The lowest BCUT2D eigenvalue weighted by Gasteiger charge is -2.22. The topological polar surface area (TPSA) is 105 Å².